The van der Waals surface area contributed by atoms with Gasteiger partial charge in [-0.25, -0.2) is 0 Å². The molecule has 0 aliphatic heterocycles. The van der Waals surface area contributed by atoms with E-state index in [1.54, 1.807) is 49.4 Å². The standard InChI is InChI=1S/C17H17BrClNO3/c1-20(8-9-23-14-5-3-4-13(19)11-14)17(21)12-6-7-16(22-2)15(18)10-12/h3-7,10-11H,8-9H2,1-2H3. The van der Waals surface area contributed by atoms with Gasteiger partial charge in [-0.05, 0) is 52.3 Å². The molecular formula is C17H17BrClNO3. The minimum atomic E-state index is -0.0805. The zero-order chi connectivity index (χ0) is 16.8. The Morgan fingerprint density at radius 3 is 2.70 bits per heavy atom. The number of benzene rings is 2. The molecule has 0 saturated heterocycles. The molecule has 0 aliphatic rings. The van der Waals surface area contributed by atoms with E-state index in [1.165, 1.54) is 0 Å². The zero-order valence-corrected chi connectivity index (χ0v) is 15.2. The van der Waals surface area contributed by atoms with Crippen LogP contribution in [0.1, 0.15) is 10.4 Å². The predicted octanol–water partition coefficient (Wildman–Crippen LogP) is 4.26. The van der Waals surface area contributed by atoms with Gasteiger partial charge in [-0.1, -0.05) is 17.7 Å². The Morgan fingerprint density at radius 1 is 1.26 bits per heavy atom. The van der Waals surface area contributed by atoms with Gasteiger partial charge in [-0.2, -0.15) is 0 Å². The molecule has 23 heavy (non-hydrogen) atoms. The van der Waals surface area contributed by atoms with Crippen LogP contribution in [0.3, 0.4) is 0 Å². The molecule has 0 aromatic heterocycles. The summed E-state index contributed by atoms with van der Waals surface area (Å²) < 4.78 is 11.5. The summed E-state index contributed by atoms with van der Waals surface area (Å²) in [6.07, 6.45) is 0. The van der Waals surface area contributed by atoms with Crippen molar-refractivity contribution in [3.8, 4) is 11.5 Å². The number of halogens is 2. The van der Waals surface area contributed by atoms with E-state index in [0.29, 0.717) is 35.2 Å². The fourth-order valence-electron chi connectivity index (χ4n) is 1.98. The summed E-state index contributed by atoms with van der Waals surface area (Å²) in [6, 6.07) is 12.4. The second kappa shape index (κ2) is 8.22. The van der Waals surface area contributed by atoms with Crippen molar-refractivity contribution in [2.24, 2.45) is 0 Å². The number of carbonyl (C=O) groups is 1. The van der Waals surface area contributed by atoms with Crippen LogP contribution in [0.25, 0.3) is 0 Å². The van der Waals surface area contributed by atoms with Gasteiger partial charge in [0.15, 0.2) is 0 Å². The quantitative estimate of drug-likeness (QED) is 0.730. The highest BCUT2D eigenvalue weighted by molar-refractivity contribution is 9.10. The van der Waals surface area contributed by atoms with Crippen molar-refractivity contribution in [1.29, 1.82) is 0 Å². The van der Waals surface area contributed by atoms with E-state index in [2.05, 4.69) is 15.9 Å². The third kappa shape index (κ3) is 4.88. The minimum absolute atomic E-state index is 0.0805. The first-order valence-corrected chi connectivity index (χ1v) is 8.15. The second-order valence-electron chi connectivity index (χ2n) is 4.88. The molecule has 122 valence electrons. The molecule has 4 nitrogen and oxygen atoms in total. The minimum Gasteiger partial charge on any atom is -0.496 e. The fourth-order valence-corrected chi connectivity index (χ4v) is 2.70. The lowest BCUT2D eigenvalue weighted by Crippen LogP contribution is -2.30. The molecule has 0 unspecified atom stereocenters. The van der Waals surface area contributed by atoms with Gasteiger partial charge in [0, 0.05) is 17.6 Å². The lowest BCUT2D eigenvalue weighted by molar-refractivity contribution is 0.0773. The first-order valence-electron chi connectivity index (χ1n) is 6.98. The molecule has 2 rings (SSSR count). The molecule has 0 bridgehead atoms. The molecule has 0 atom stereocenters. The van der Waals surface area contributed by atoms with Gasteiger partial charge in [0.25, 0.3) is 5.91 Å². The smallest absolute Gasteiger partial charge is 0.253 e. The highest BCUT2D eigenvalue weighted by atomic mass is 79.9. The highest BCUT2D eigenvalue weighted by Gasteiger charge is 2.13. The molecule has 0 spiro atoms. The van der Waals surface area contributed by atoms with Crippen LogP contribution in [-0.4, -0.2) is 38.1 Å². The van der Waals surface area contributed by atoms with Crippen molar-refractivity contribution in [1.82, 2.24) is 4.90 Å². The van der Waals surface area contributed by atoms with Gasteiger partial charge in [0.1, 0.15) is 18.1 Å². The Balaban J connectivity index is 1.91. The lowest BCUT2D eigenvalue weighted by Gasteiger charge is -2.18. The van der Waals surface area contributed by atoms with Gasteiger partial charge < -0.3 is 14.4 Å². The number of ether oxygens (including phenoxy) is 2. The van der Waals surface area contributed by atoms with Crippen molar-refractivity contribution < 1.29 is 14.3 Å². The number of amides is 1. The highest BCUT2D eigenvalue weighted by Crippen LogP contribution is 2.26. The third-order valence-corrected chi connectivity index (χ3v) is 4.09. The number of carbonyl (C=O) groups excluding carboxylic acids is 1. The van der Waals surface area contributed by atoms with Gasteiger partial charge in [0.05, 0.1) is 18.1 Å². The van der Waals surface area contributed by atoms with Crippen LogP contribution in [0.2, 0.25) is 5.02 Å². The summed E-state index contributed by atoms with van der Waals surface area (Å²) in [6.45, 7) is 0.856. The molecule has 2 aromatic rings. The van der Waals surface area contributed by atoms with Crippen LogP contribution in [-0.2, 0) is 0 Å². The topological polar surface area (TPSA) is 38.8 Å². The van der Waals surface area contributed by atoms with Crippen molar-refractivity contribution >= 4 is 33.4 Å². The van der Waals surface area contributed by atoms with Crippen LogP contribution < -0.4 is 9.47 Å². The van der Waals surface area contributed by atoms with E-state index in [0.717, 1.165) is 4.47 Å². The Morgan fingerprint density at radius 2 is 2.04 bits per heavy atom. The largest absolute Gasteiger partial charge is 0.496 e. The normalized spacial score (nSPS) is 10.3. The Labute approximate surface area is 149 Å². The number of hydrogen-bond donors (Lipinski definition) is 0. The molecule has 2 aromatic carbocycles. The van der Waals surface area contributed by atoms with Crippen LogP contribution in [0, 0.1) is 0 Å². The van der Waals surface area contributed by atoms with E-state index < -0.39 is 0 Å². The zero-order valence-electron chi connectivity index (χ0n) is 12.9. The molecule has 1 amide bonds. The molecule has 0 heterocycles. The maximum absolute atomic E-state index is 12.4. The van der Waals surface area contributed by atoms with E-state index in [1.807, 2.05) is 12.1 Å². The first-order chi connectivity index (χ1) is 11.0. The summed E-state index contributed by atoms with van der Waals surface area (Å²) in [5.41, 5.74) is 0.586. The SMILES string of the molecule is COc1ccc(C(=O)N(C)CCOc2cccc(Cl)c2)cc1Br. The van der Waals surface area contributed by atoms with Gasteiger partial charge >= 0.3 is 0 Å². The number of nitrogens with zero attached hydrogens (tertiary/aromatic N) is 1. The molecular weight excluding hydrogens is 382 g/mol. The van der Waals surface area contributed by atoms with E-state index in [-0.39, 0.29) is 5.91 Å². The monoisotopic (exact) mass is 397 g/mol. The number of rotatable bonds is 6. The lowest BCUT2D eigenvalue weighted by atomic mass is 10.2. The van der Waals surface area contributed by atoms with E-state index in [9.17, 15) is 4.79 Å². The molecule has 0 N–H and O–H groups in total. The number of hydrogen-bond acceptors (Lipinski definition) is 3. The van der Waals surface area contributed by atoms with Crippen molar-refractivity contribution in [3.05, 3.63) is 57.5 Å². The van der Waals surface area contributed by atoms with Crippen LogP contribution in [0.4, 0.5) is 0 Å². The third-order valence-electron chi connectivity index (χ3n) is 3.24. The van der Waals surface area contributed by atoms with Crippen molar-refractivity contribution in [3.63, 3.8) is 0 Å². The average Bonchev–Trinajstić information content (AvgIpc) is 2.54. The van der Waals surface area contributed by atoms with Gasteiger partial charge in [-0.15, -0.1) is 0 Å². The average molecular weight is 399 g/mol. The summed E-state index contributed by atoms with van der Waals surface area (Å²) >= 11 is 9.28. The maximum Gasteiger partial charge on any atom is 0.253 e. The van der Waals surface area contributed by atoms with Crippen molar-refractivity contribution in [2.45, 2.75) is 0 Å². The molecule has 0 fully saturated rings. The second-order valence-corrected chi connectivity index (χ2v) is 6.17. The van der Waals surface area contributed by atoms with Gasteiger partial charge in [-0.3, -0.25) is 4.79 Å². The summed E-state index contributed by atoms with van der Waals surface area (Å²) in [7, 11) is 3.32. The predicted molar refractivity (Wildman–Crippen MR) is 94.6 cm³/mol. The van der Waals surface area contributed by atoms with Crippen molar-refractivity contribution in [2.75, 3.05) is 27.3 Å². The van der Waals surface area contributed by atoms with E-state index >= 15 is 0 Å². The summed E-state index contributed by atoms with van der Waals surface area (Å²) in [5, 5.41) is 0.620. The van der Waals surface area contributed by atoms with Crippen LogP contribution in [0.5, 0.6) is 11.5 Å². The summed E-state index contributed by atoms with van der Waals surface area (Å²) in [4.78, 5) is 14.0. The molecule has 0 saturated carbocycles. The van der Waals surface area contributed by atoms with E-state index in [4.69, 9.17) is 21.1 Å². The molecule has 0 radical (unpaired) electrons. The molecule has 0 aliphatic carbocycles. The number of methoxy groups -OCH3 is 1. The Kier molecular flexibility index (Phi) is 6.30. The number of likely N-dealkylation sites (N-methyl/N-ethyl adjacent to an activating group) is 1. The fraction of sp³-hybridized carbons (Fsp3) is 0.235. The molecule has 6 heteroatoms. The van der Waals surface area contributed by atoms with Crippen LogP contribution in [0.15, 0.2) is 46.9 Å². The summed E-state index contributed by atoms with van der Waals surface area (Å²) in [5.74, 6) is 1.29. The van der Waals surface area contributed by atoms with Gasteiger partial charge in [0.2, 0.25) is 0 Å². The first kappa shape index (κ1) is 17.6. The Hall–Kier alpha value is -1.72. The maximum atomic E-state index is 12.4. The Bertz CT molecular complexity index is 693. The van der Waals surface area contributed by atoms with Crippen LogP contribution >= 0.6 is 27.5 Å².